The van der Waals surface area contributed by atoms with Crippen molar-refractivity contribution in [3.05, 3.63) is 77.4 Å². The van der Waals surface area contributed by atoms with Crippen LogP contribution in [-0.2, 0) is 11.2 Å². The van der Waals surface area contributed by atoms with Crippen molar-refractivity contribution in [2.45, 2.75) is 19.3 Å². The number of amides is 1. The van der Waals surface area contributed by atoms with Crippen LogP contribution in [0.25, 0.3) is 0 Å². The van der Waals surface area contributed by atoms with Crippen LogP contribution in [0.1, 0.15) is 18.4 Å². The van der Waals surface area contributed by atoms with Gasteiger partial charge < -0.3 is 25.6 Å². The van der Waals surface area contributed by atoms with Gasteiger partial charge in [0.05, 0.1) is 17.1 Å². The number of pyridine rings is 1. The fourth-order valence-corrected chi connectivity index (χ4v) is 4.28. The number of hydrogen-bond acceptors (Lipinski definition) is 5. The molecule has 1 aliphatic heterocycles. The second-order valence-electron chi connectivity index (χ2n) is 7.91. The van der Waals surface area contributed by atoms with Crippen LogP contribution in [0.5, 0.6) is 11.5 Å². The molecule has 0 bridgehead atoms. The van der Waals surface area contributed by atoms with Gasteiger partial charge in [-0.2, -0.15) is 0 Å². The smallest absolute Gasteiger partial charge is 0.230 e. The summed E-state index contributed by atoms with van der Waals surface area (Å²) in [6.07, 6.45) is 4.18. The van der Waals surface area contributed by atoms with Crippen LogP contribution < -0.4 is 20.7 Å². The van der Waals surface area contributed by atoms with E-state index in [-0.39, 0.29) is 17.4 Å². The highest BCUT2D eigenvalue weighted by atomic mass is 35.5. The molecule has 0 saturated carbocycles. The summed E-state index contributed by atoms with van der Waals surface area (Å²) in [5, 5.41) is 10.0. The number of likely N-dealkylation sites (tertiary alicyclic amines) is 1. The predicted molar refractivity (Wildman–Crippen MR) is 147 cm³/mol. The van der Waals surface area contributed by atoms with Gasteiger partial charge in [-0.15, -0.1) is 0 Å². The molecule has 7 nitrogen and oxygen atoms in total. The van der Waals surface area contributed by atoms with Crippen LogP contribution in [0, 0.1) is 0 Å². The first-order valence-corrected chi connectivity index (χ1v) is 12.3. The third-order valence-corrected chi connectivity index (χ3v) is 6.12. The number of hydrogen-bond donors (Lipinski definition) is 3. The second-order valence-corrected chi connectivity index (χ2v) is 9.11. The van der Waals surface area contributed by atoms with Gasteiger partial charge in [-0.3, -0.25) is 4.79 Å². The van der Waals surface area contributed by atoms with Crippen molar-refractivity contribution in [1.82, 2.24) is 15.2 Å². The largest absolute Gasteiger partial charge is 0.457 e. The van der Waals surface area contributed by atoms with Crippen LogP contribution >= 0.6 is 36.0 Å². The average Bonchev–Trinajstić information content (AvgIpc) is 3.37. The molecule has 1 aromatic heterocycles. The van der Waals surface area contributed by atoms with Gasteiger partial charge >= 0.3 is 0 Å². The number of nitrogens with zero attached hydrogens (tertiary/aromatic N) is 2. The number of carbonyl (C=O) groups excluding carboxylic acids is 1. The van der Waals surface area contributed by atoms with E-state index in [0.29, 0.717) is 33.1 Å². The van der Waals surface area contributed by atoms with Crippen molar-refractivity contribution in [2.75, 3.05) is 23.7 Å². The molecule has 0 unspecified atom stereocenters. The van der Waals surface area contributed by atoms with Crippen LogP contribution in [0.4, 0.5) is 11.5 Å². The fraction of sp³-hybridized carbons (Fsp3) is 0.200. The number of thiocarbonyl (C=S) groups is 2. The van der Waals surface area contributed by atoms with E-state index in [0.717, 1.165) is 31.5 Å². The zero-order chi connectivity index (χ0) is 24.6. The minimum atomic E-state index is -0.212. The summed E-state index contributed by atoms with van der Waals surface area (Å²) in [5.74, 6) is 1.53. The molecule has 2 aromatic carbocycles. The van der Waals surface area contributed by atoms with Crippen molar-refractivity contribution in [3.8, 4) is 11.5 Å². The van der Waals surface area contributed by atoms with Crippen LogP contribution in [0.2, 0.25) is 5.02 Å². The lowest BCUT2D eigenvalue weighted by Gasteiger charge is -2.19. The molecule has 3 aromatic rings. The Kier molecular flexibility index (Phi) is 8.46. The summed E-state index contributed by atoms with van der Waals surface area (Å²) in [6, 6.07) is 18.1. The highest BCUT2D eigenvalue weighted by Gasteiger charge is 2.15. The Labute approximate surface area is 219 Å². The first kappa shape index (κ1) is 24.8. The molecule has 0 radical (unpaired) electrons. The predicted octanol–water partition coefficient (Wildman–Crippen LogP) is 5.38. The number of anilines is 2. The topological polar surface area (TPSA) is 78.5 Å². The van der Waals surface area contributed by atoms with Gasteiger partial charge in [0.15, 0.2) is 10.2 Å². The Morgan fingerprint density at radius 1 is 1.00 bits per heavy atom. The lowest BCUT2D eigenvalue weighted by Crippen LogP contribution is -2.35. The van der Waals surface area contributed by atoms with Crippen LogP contribution in [-0.4, -0.2) is 39.1 Å². The minimum Gasteiger partial charge on any atom is -0.457 e. The molecular weight excluding hydrogens is 502 g/mol. The van der Waals surface area contributed by atoms with Gasteiger partial charge in [-0.05, 0) is 61.0 Å². The van der Waals surface area contributed by atoms with Crippen LogP contribution in [0.15, 0.2) is 66.9 Å². The third-order valence-electron chi connectivity index (χ3n) is 5.24. The van der Waals surface area contributed by atoms with E-state index in [1.54, 1.807) is 36.5 Å². The van der Waals surface area contributed by atoms with Crippen molar-refractivity contribution in [3.63, 3.8) is 0 Å². The summed E-state index contributed by atoms with van der Waals surface area (Å²) in [7, 11) is 0. The minimum absolute atomic E-state index is 0.167. The standard InChI is InChI=1S/C25H24ClN5O2S2/c26-20-15-18(33-19-10-11-27-22(16-19)29-25(35)31-12-4-5-13-31)8-9-21(20)28-24(34)30-23(32)14-17-6-2-1-3-7-17/h1-3,6-11,15-16H,4-5,12-14H2,(H,27,29,35)(H2,28,30,32,34). The SMILES string of the molecule is O=C(Cc1ccccc1)NC(=S)Nc1ccc(Oc2ccnc(NC(=S)N3CCCC3)c2)cc1Cl. The first-order valence-electron chi connectivity index (χ1n) is 11.1. The molecule has 3 N–H and O–H groups in total. The molecule has 1 amide bonds. The maximum absolute atomic E-state index is 12.2. The summed E-state index contributed by atoms with van der Waals surface area (Å²) in [4.78, 5) is 18.7. The van der Waals surface area contributed by atoms with E-state index < -0.39 is 0 Å². The maximum atomic E-state index is 12.2. The molecule has 1 fully saturated rings. The van der Waals surface area contributed by atoms with E-state index >= 15 is 0 Å². The number of aromatic nitrogens is 1. The number of carbonyl (C=O) groups is 1. The normalized spacial score (nSPS) is 12.7. The number of halogens is 1. The summed E-state index contributed by atoms with van der Waals surface area (Å²) < 4.78 is 5.95. The molecular formula is C25H24ClN5O2S2. The molecule has 0 spiro atoms. The molecule has 4 rings (SSSR count). The van der Waals surface area contributed by atoms with Gasteiger partial charge in [0.25, 0.3) is 0 Å². The number of benzene rings is 2. The number of nitrogens with one attached hydrogen (secondary N) is 3. The lowest BCUT2D eigenvalue weighted by atomic mass is 10.1. The zero-order valence-electron chi connectivity index (χ0n) is 18.8. The average molecular weight is 526 g/mol. The monoisotopic (exact) mass is 525 g/mol. The van der Waals surface area contributed by atoms with Crippen molar-refractivity contribution < 1.29 is 9.53 Å². The summed E-state index contributed by atoms with van der Waals surface area (Å²) >= 11 is 17.1. The van der Waals surface area contributed by atoms with E-state index in [2.05, 4.69) is 25.8 Å². The molecule has 10 heteroatoms. The van der Waals surface area contributed by atoms with Crippen molar-refractivity contribution in [2.24, 2.45) is 0 Å². The van der Waals surface area contributed by atoms with Gasteiger partial charge in [0.1, 0.15) is 17.3 Å². The van der Waals surface area contributed by atoms with E-state index in [4.69, 9.17) is 40.8 Å². The van der Waals surface area contributed by atoms with E-state index in [1.807, 2.05) is 30.3 Å². The first-order chi connectivity index (χ1) is 17.0. The summed E-state index contributed by atoms with van der Waals surface area (Å²) in [6.45, 7) is 1.92. The number of ether oxygens (including phenoxy) is 1. The Morgan fingerprint density at radius 2 is 1.74 bits per heavy atom. The molecule has 1 saturated heterocycles. The molecule has 1 aliphatic rings. The van der Waals surface area contributed by atoms with Gasteiger partial charge in [-0.1, -0.05) is 41.9 Å². The van der Waals surface area contributed by atoms with Gasteiger partial charge in [0.2, 0.25) is 5.91 Å². The molecule has 0 aliphatic carbocycles. The highest BCUT2D eigenvalue weighted by molar-refractivity contribution is 7.80. The molecule has 35 heavy (non-hydrogen) atoms. The molecule has 0 atom stereocenters. The molecule has 180 valence electrons. The Balaban J connectivity index is 1.32. The van der Waals surface area contributed by atoms with E-state index in [1.165, 1.54) is 0 Å². The number of rotatable bonds is 6. The van der Waals surface area contributed by atoms with Crippen molar-refractivity contribution >= 4 is 63.7 Å². The van der Waals surface area contributed by atoms with E-state index in [9.17, 15) is 4.79 Å². The van der Waals surface area contributed by atoms with Gasteiger partial charge in [-0.25, -0.2) is 4.98 Å². The Morgan fingerprint density at radius 3 is 2.49 bits per heavy atom. The summed E-state index contributed by atoms with van der Waals surface area (Å²) in [5.41, 5.74) is 1.46. The van der Waals surface area contributed by atoms with Gasteiger partial charge in [0, 0.05) is 31.4 Å². The third kappa shape index (κ3) is 7.35. The maximum Gasteiger partial charge on any atom is 0.230 e. The van der Waals surface area contributed by atoms with Crippen LogP contribution in [0.3, 0.4) is 0 Å². The second kappa shape index (κ2) is 11.9. The highest BCUT2D eigenvalue weighted by Crippen LogP contribution is 2.30. The molecule has 2 heterocycles. The van der Waals surface area contributed by atoms with Crippen molar-refractivity contribution in [1.29, 1.82) is 0 Å². The quantitative estimate of drug-likeness (QED) is 0.370. The Bertz CT molecular complexity index is 1220. The lowest BCUT2D eigenvalue weighted by molar-refractivity contribution is -0.119. The fourth-order valence-electron chi connectivity index (χ4n) is 3.55. The Hall–Kier alpha value is -3.27. The zero-order valence-corrected chi connectivity index (χ0v) is 21.2.